The van der Waals surface area contributed by atoms with E-state index in [1.54, 1.807) is 0 Å². The Morgan fingerprint density at radius 2 is 2.06 bits per heavy atom. The summed E-state index contributed by atoms with van der Waals surface area (Å²) in [5.74, 6) is -0.0872. The molecule has 0 radical (unpaired) electrons. The van der Waals surface area contributed by atoms with Crippen molar-refractivity contribution < 1.29 is 14.3 Å². The molecule has 5 nitrogen and oxygen atoms in total. The van der Waals surface area contributed by atoms with E-state index in [0.717, 1.165) is 6.42 Å². The standard InChI is InChI=1S/C12H22N2O3/c1-5-13-10(15)9-7-6-8-14(9)11(16)17-12(2,3)4/h9H,5-8H2,1-4H3,(H,13,15). The van der Waals surface area contributed by atoms with Crippen LogP contribution in [0.15, 0.2) is 0 Å². The van der Waals surface area contributed by atoms with Crippen LogP contribution in [0.2, 0.25) is 0 Å². The first-order valence-corrected chi connectivity index (χ1v) is 6.12. The van der Waals surface area contributed by atoms with Crippen LogP contribution in [0.3, 0.4) is 0 Å². The van der Waals surface area contributed by atoms with Crippen molar-refractivity contribution in [1.82, 2.24) is 10.2 Å². The highest BCUT2D eigenvalue weighted by Crippen LogP contribution is 2.20. The van der Waals surface area contributed by atoms with E-state index in [1.165, 1.54) is 4.90 Å². The lowest BCUT2D eigenvalue weighted by molar-refractivity contribution is -0.125. The van der Waals surface area contributed by atoms with E-state index in [-0.39, 0.29) is 11.9 Å². The van der Waals surface area contributed by atoms with Crippen LogP contribution in [0, 0.1) is 0 Å². The lowest BCUT2D eigenvalue weighted by Gasteiger charge is -2.27. The average molecular weight is 242 g/mol. The monoisotopic (exact) mass is 242 g/mol. The van der Waals surface area contributed by atoms with Gasteiger partial charge in [0.1, 0.15) is 11.6 Å². The zero-order valence-corrected chi connectivity index (χ0v) is 11.1. The number of hydrogen-bond donors (Lipinski definition) is 1. The number of likely N-dealkylation sites (N-methyl/N-ethyl adjacent to an activating group) is 1. The summed E-state index contributed by atoms with van der Waals surface area (Å²) in [4.78, 5) is 25.2. The molecule has 0 spiro atoms. The number of nitrogens with one attached hydrogen (secondary N) is 1. The minimum absolute atomic E-state index is 0.0872. The number of hydrogen-bond acceptors (Lipinski definition) is 3. The maximum atomic E-state index is 11.9. The van der Waals surface area contributed by atoms with Gasteiger partial charge < -0.3 is 10.1 Å². The zero-order valence-electron chi connectivity index (χ0n) is 11.1. The van der Waals surface area contributed by atoms with E-state index in [9.17, 15) is 9.59 Å². The summed E-state index contributed by atoms with van der Waals surface area (Å²) in [6.45, 7) is 8.51. The van der Waals surface area contributed by atoms with Gasteiger partial charge in [-0.15, -0.1) is 0 Å². The van der Waals surface area contributed by atoms with Crippen LogP contribution >= 0.6 is 0 Å². The molecular formula is C12H22N2O3. The van der Waals surface area contributed by atoms with E-state index in [0.29, 0.717) is 19.5 Å². The second kappa shape index (κ2) is 5.38. The maximum absolute atomic E-state index is 11.9. The molecular weight excluding hydrogens is 220 g/mol. The number of ether oxygens (including phenoxy) is 1. The summed E-state index contributed by atoms with van der Waals surface area (Å²) in [7, 11) is 0. The number of nitrogens with zero attached hydrogens (tertiary/aromatic N) is 1. The molecule has 0 aromatic heterocycles. The van der Waals surface area contributed by atoms with Crippen LogP contribution in [-0.2, 0) is 9.53 Å². The predicted octanol–water partition coefficient (Wildman–Crippen LogP) is 1.52. The molecule has 1 N–H and O–H groups in total. The molecule has 0 aromatic carbocycles. The van der Waals surface area contributed by atoms with Crippen molar-refractivity contribution in [3.05, 3.63) is 0 Å². The van der Waals surface area contributed by atoms with Gasteiger partial charge in [0, 0.05) is 13.1 Å². The van der Waals surface area contributed by atoms with Crippen molar-refractivity contribution in [2.75, 3.05) is 13.1 Å². The third-order valence-electron chi connectivity index (χ3n) is 2.53. The van der Waals surface area contributed by atoms with Gasteiger partial charge in [0.2, 0.25) is 5.91 Å². The minimum atomic E-state index is -0.522. The molecule has 2 amide bonds. The Morgan fingerprint density at radius 3 is 2.59 bits per heavy atom. The largest absolute Gasteiger partial charge is 0.444 e. The third-order valence-corrected chi connectivity index (χ3v) is 2.53. The van der Waals surface area contributed by atoms with Gasteiger partial charge in [-0.05, 0) is 40.5 Å². The Bertz CT molecular complexity index is 297. The van der Waals surface area contributed by atoms with E-state index < -0.39 is 11.7 Å². The molecule has 0 bridgehead atoms. The molecule has 1 aliphatic rings. The SMILES string of the molecule is CCNC(=O)C1CCCN1C(=O)OC(C)(C)C. The van der Waals surface area contributed by atoms with Gasteiger partial charge in [0.25, 0.3) is 0 Å². The van der Waals surface area contributed by atoms with Crippen LogP contribution in [-0.4, -0.2) is 41.6 Å². The maximum Gasteiger partial charge on any atom is 0.410 e. The molecule has 0 aromatic rings. The Balaban J connectivity index is 2.63. The van der Waals surface area contributed by atoms with E-state index in [1.807, 2.05) is 27.7 Å². The molecule has 1 unspecified atom stereocenters. The summed E-state index contributed by atoms with van der Waals surface area (Å²) in [5, 5.41) is 2.75. The molecule has 1 atom stereocenters. The average Bonchev–Trinajstić information content (AvgIpc) is 2.63. The van der Waals surface area contributed by atoms with Crippen molar-refractivity contribution >= 4 is 12.0 Å². The Hall–Kier alpha value is -1.26. The fourth-order valence-electron chi connectivity index (χ4n) is 1.87. The number of rotatable bonds is 2. The minimum Gasteiger partial charge on any atom is -0.444 e. The molecule has 0 aliphatic carbocycles. The Kier molecular flexibility index (Phi) is 4.37. The first kappa shape index (κ1) is 13.8. The van der Waals surface area contributed by atoms with Crippen molar-refractivity contribution in [2.24, 2.45) is 0 Å². The summed E-state index contributed by atoms with van der Waals surface area (Å²) < 4.78 is 5.29. The molecule has 17 heavy (non-hydrogen) atoms. The highest BCUT2D eigenvalue weighted by Gasteiger charge is 2.36. The van der Waals surface area contributed by atoms with Gasteiger partial charge >= 0.3 is 6.09 Å². The smallest absolute Gasteiger partial charge is 0.410 e. The van der Waals surface area contributed by atoms with E-state index in [2.05, 4.69) is 5.32 Å². The summed E-state index contributed by atoms with van der Waals surface area (Å²) in [6.07, 6.45) is 1.16. The fourth-order valence-corrected chi connectivity index (χ4v) is 1.87. The number of amides is 2. The highest BCUT2D eigenvalue weighted by molar-refractivity contribution is 5.86. The second-order valence-corrected chi connectivity index (χ2v) is 5.23. The Labute approximate surface area is 102 Å². The third kappa shape index (κ3) is 3.91. The first-order valence-electron chi connectivity index (χ1n) is 6.12. The number of carbonyl (C=O) groups is 2. The van der Waals surface area contributed by atoms with Gasteiger partial charge in [0.15, 0.2) is 0 Å². The quantitative estimate of drug-likeness (QED) is 0.798. The molecule has 1 heterocycles. The topological polar surface area (TPSA) is 58.6 Å². The van der Waals surface area contributed by atoms with Crippen LogP contribution in [0.4, 0.5) is 4.79 Å². The second-order valence-electron chi connectivity index (χ2n) is 5.23. The lowest BCUT2D eigenvalue weighted by Crippen LogP contribution is -2.47. The normalized spacial score (nSPS) is 20.2. The first-order chi connectivity index (χ1) is 7.85. The molecule has 1 saturated heterocycles. The molecule has 1 rings (SSSR count). The van der Waals surface area contributed by atoms with E-state index in [4.69, 9.17) is 4.74 Å². The van der Waals surface area contributed by atoms with Crippen molar-refractivity contribution in [3.63, 3.8) is 0 Å². The van der Waals surface area contributed by atoms with Crippen LogP contribution in [0.1, 0.15) is 40.5 Å². The van der Waals surface area contributed by atoms with Crippen LogP contribution in [0.5, 0.6) is 0 Å². The van der Waals surface area contributed by atoms with Gasteiger partial charge in [-0.3, -0.25) is 9.69 Å². The molecule has 98 valence electrons. The van der Waals surface area contributed by atoms with Gasteiger partial charge in [0.05, 0.1) is 0 Å². The van der Waals surface area contributed by atoms with Crippen molar-refractivity contribution in [2.45, 2.75) is 52.2 Å². The Morgan fingerprint density at radius 1 is 1.41 bits per heavy atom. The number of likely N-dealkylation sites (tertiary alicyclic amines) is 1. The summed E-state index contributed by atoms with van der Waals surface area (Å²) in [6, 6.07) is -0.371. The van der Waals surface area contributed by atoms with Gasteiger partial charge in [-0.2, -0.15) is 0 Å². The number of carbonyl (C=O) groups excluding carboxylic acids is 2. The molecule has 0 saturated carbocycles. The van der Waals surface area contributed by atoms with Crippen LogP contribution in [0.25, 0.3) is 0 Å². The van der Waals surface area contributed by atoms with Crippen molar-refractivity contribution in [3.8, 4) is 0 Å². The van der Waals surface area contributed by atoms with Gasteiger partial charge in [-0.1, -0.05) is 0 Å². The van der Waals surface area contributed by atoms with Crippen molar-refractivity contribution in [1.29, 1.82) is 0 Å². The molecule has 5 heteroatoms. The predicted molar refractivity (Wildman–Crippen MR) is 64.6 cm³/mol. The summed E-state index contributed by atoms with van der Waals surface area (Å²) >= 11 is 0. The van der Waals surface area contributed by atoms with Gasteiger partial charge in [-0.25, -0.2) is 4.79 Å². The summed E-state index contributed by atoms with van der Waals surface area (Å²) in [5.41, 5.74) is -0.522. The van der Waals surface area contributed by atoms with Crippen LogP contribution < -0.4 is 5.32 Å². The molecule has 1 fully saturated rings. The fraction of sp³-hybridized carbons (Fsp3) is 0.833. The zero-order chi connectivity index (χ0) is 13.1. The molecule has 1 aliphatic heterocycles. The van der Waals surface area contributed by atoms with E-state index >= 15 is 0 Å². The highest BCUT2D eigenvalue weighted by atomic mass is 16.6. The lowest BCUT2D eigenvalue weighted by atomic mass is 10.2.